The predicted molar refractivity (Wildman–Crippen MR) is 106 cm³/mol. The van der Waals surface area contributed by atoms with Crippen molar-refractivity contribution in [2.45, 2.75) is 25.2 Å². The van der Waals surface area contributed by atoms with Crippen molar-refractivity contribution in [2.24, 2.45) is 0 Å². The summed E-state index contributed by atoms with van der Waals surface area (Å²) in [4.78, 5) is 12.7. The average molecular weight is 381 g/mol. The van der Waals surface area contributed by atoms with Gasteiger partial charge in [0.1, 0.15) is 0 Å². The maximum atomic E-state index is 12.7. The molecule has 1 atom stereocenters. The maximum Gasteiger partial charge on any atom is 0.418 e. The Morgan fingerprint density at radius 1 is 1.11 bits per heavy atom. The molecule has 1 aliphatic carbocycles. The smallest absolute Gasteiger partial charge is 0.418 e. The van der Waals surface area contributed by atoms with Crippen molar-refractivity contribution in [3.05, 3.63) is 53.2 Å². The Morgan fingerprint density at radius 3 is 2.43 bits per heavy atom. The van der Waals surface area contributed by atoms with E-state index >= 15 is 0 Å². The number of aryl methyl sites for hydroxylation is 1. The lowest BCUT2D eigenvalue weighted by atomic mass is 9.82. The minimum Gasteiger partial charge on any atom is -0.502 e. The molecular weight excluding hydrogens is 358 g/mol. The number of carbonyl (C=O) groups excluding carboxylic acids is 1. The second-order valence-corrected chi connectivity index (χ2v) is 6.91. The number of methoxy groups -OCH3 is 3. The lowest BCUT2D eigenvalue weighted by Crippen LogP contribution is -2.20. The van der Waals surface area contributed by atoms with Crippen molar-refractivity contribution in [3.63, 3.8) is 0 Å². The quantitative estimate of drug-likeness (QED) is 0.726. The molecule has 2 aromatic carbocycles. The number of aromatic nitrogens is 1. The average Bonchev–Trinajstić information content (AvgIpc) is 3.08. The largest absolute Gasteiger partial charge is 0.502 e. The van der Waals surface area contributed by atoms with E-state index in [1.165, 1.54) is 26.9 Å². The number of carbonyl (C=O) groups is 1. The molecule has 0 amide bonds. The van der Waals surface area contributed by atoms with Gasteiger partial charge in [0.25, 0.3) is 0 Å². The van der Waals surface area contributed by atoms with Gasteiger partial charge in [-0.15, -0.1) is 0 Å². The number of benzene rings is 2. The first-order valence-electron chi connectivity index (χ1n) is 9.26. The van der Waals surface area contributed by atoms with E-state index in [-0.39, 0.29) is 11.7 Å². The first-order valence-corrected chi connectivity index (χ1v) is 9.26. The Labute approximate surface area is 163 Å². The summed E-state index contributed by atoms with van der Waals surface area (Å²) in [7, 11) is 4.42. The topological polar surface area (TPSA) is 69.9 Å². The molecule has 4 rings (SSSR count). The molecule has 28 heavy (non-hydrogen) atoms. The third-order valence-electron chi connectivity index (χ3n) is 5.53. The van der Waals surface area contributed by atoms with Gasteiger partial charge in [-0.25, -0.2) is 9.36 Å². The molecule has 0 bridgehead atoms. The normalized spacial score (nSPS) is 15.9. The highest BCUT2D eigenvalue weighted by Crippen LogP contribution is 2.46. The van der Waals surface area contributed by atoms with E-state index < -0.39 is 6.09 Å². The molecule has 1 heterocycles. The lowest BCUT2D eigenvalue weighted by molar-refractivity contribution is 0.173. The molecule has 6 nitrogen and oxygen atoms in total. The molecule has 146 valence electrons. The summed E-state index contributed by atoms with van der Waals surface area (Å²) in [5.74, 6) is 0.626. The second kappa shape index (κ2) is 7.11. The van der Waals surface area contributed by atoms with Gasteiger partial charge >= 0.3 is 6.09 Å². The van der Waals surface area contributed by atoms with Gasteiger partial charge in [0.05, 0.1) is 26.8 Å². The van der Waals surface area contributed by atoms with E-state index in [4.69, 9.17) is 14.2 Å². The number of ether oxygens (including phenoxy) is 3. The molecule has 0 fully saturated rings. The van der Waals surface area contributed by atoms with Crippen LogP contribution in [-0.2, 0) is 11.2 Å². The van der Waals surface area contributed by atoms with Crippen LogP contribution in [0.3, 0.4) is 0 Å². The molecule has 1 aliphatic rings. The van der Waals surface area contributed by atoms with E-state index in [1.54, 1.807) is 4.57 Å². The summed E-state index contributed by atoms with van der Waals surface area (Å²) in [6, 6.07) is 11.5. The van der Waals surface area contributed by atoms with Crippen LogP contribution in [0.1, 0.15) is 35.6 Å². The van der Waals surface area contributed by atoms with Gasteiger partial charge in [0.2, 0.25) is 5.75 Å². The van der Waals surface area contributed by atoms with Crippen LogP contribution in [0.25, 0.3) is 10.9 Å². The Hall–Kier alpha value is -3.15. The van der Waals surface area contributed by atoms with Crippen LogP contribution < -0.4 is 9.47 Å². The Kier molecular flexibility index (Phi) is 4.63. The van der Waals surface area contributed by atoms with Crippen molar-refractivity contribution < 1.29 is 24.1 Å². The molecule has 0 saturated heterocycles. The summed E-state index contributed by atoms with van der Waals surface area (Å²) in [6.07, 6.45) is 2.38. The lowest BCUT2D eigenvalue weighted by Gasteiger charge is -2.26. The second-order valence-electron chi connectivity index (χ2n) is 6.91. The van der Waals surface area contributed by atoms with Crippen molar-refractivity contribution >= 4 is 17.0 Å². The standard InChI is InChI=1S/C22H23NO5/c1-26-18-11-13(12-19(27-2)21(18)24)14-8-6-9-16-15-7-4-5-10-17(15)23(20(14)16)22(25)28-3/h4-5,7,10-12,14,24H,6,8-9H2,1-3H3/t14-/m0/s1. The van der Waals surface area contributed by atoms with Gasteiger partial charge in [-0.05, 0) is 48.6 Å². The highest BCUT2D eigenvalue weighted by molar-refractivity contribution is 5.94. The molecule has 0 aliphatic heterocycles. The van der Waals surface area contributed by atoms with Gasteiger partial charge in [-0.3, -0.25) is 0 Å². The molecule has 0 unspecified atom stereocenters. The summed E-state index contributed by atoms with van der Waals surface area (Å²) in [5, 5.41) is 11.3. The summed E-state index contributed by atoms with van der Waals surface area (Å²) in [5.41, 5.74) is 3.89. The minimum absolute atomic E-state index is 0.0294. The fourth-order valence-electron chi connectivity index (χ4n) is 4.30. The van der Waals surface area contributed by atoms with Gasteiger partial charge in [-0.2, -0.15) is 0 Å². The van der Waals surface area contributed by atoms with Crippen molar-refractivity contribution in [3.8, 4) is 17.2 Å². The SMILES string of the molecule is COC(=O)n1c2c(c3ccccc31)CCC[C@H]2c1cc(OC)c(O)c(OC)c1. The predicted octanol–water partition coefficient (Wildman–Crippen LogP) is 4.45. The molecule has 1 N–H and O–H groups in total. The van der Waals surface area contributed by atoms with Gasteiger partial charge in [0.15, 0.2) is 11.5 Å². The Balaban J connectivity index is 1.98. The minimum atomic E-state index is -0.401. The molecule has 0 radical (unpaired) electrons. The molecule has 6 heteroatoms. The highest BCUT2D eigenvalue weighted by Gasteiger charge is 2.32. The number of aromatic hydroxyl groups is 1. The van der Waals surface area contributed by atoms with Crippen molar-refractivity contribution in [1.82, 2.24) is 4.57 Å². The number of fused-ring (bicyclic) bond motifs is 3. The van der Waals surface area contributed by atoms with Gasteiger partial charge < -0.3 is 19.3 Å². The Morgan fingerprint density at radius 2 is 1.79 bits per heavy atom. The van der Waals surface area contributed by atoms with Crippen LogP contribution in [0.15, 0.2) is 36.4 Å². The van der Waals surface area contributed by atoms with E-state index in [0.29, 0.717) is 11.5 Å². The monoisotopic (exact) mass is 381 g/mol. The number of nitrogens with zero attached hydrogens (tertiary/aromatic N) is 1. The van der Waals surface area contributed by atoms with Gasteiger partial charge in [0, 0.05) is 17.0 Å². The Bertz CT molecular complexity index is 1030. The molecule has 0 spiro atoms. The van der Waals surface area contributed by atoms with Crippen LogP contribution in [0, 0.1) is 0 Å². The molecule has 1 aromatic heterocycles. The summed E-state index contributed by atoms with van der Waals surface area (Å²) in [6.45, 7) is 0. The van der Waals surface area contributed by atoms with Gasteiger partial charge in [-0.1, -0.05) is 18.2 Å². The van der Waals surface area contributed by atoms with Crippen molar-refractivity contribution in [1.29, 1.82) is 0 Å². The molecule has 3 aromatic rings. The van der Waals surface area contributed by atoms with Crippen LogP contribution in [0.2, 0.25) is 0 Å². The number of hydrogen-bond acceptors (Lipinski definition) is 5. The maximum absolute atomic E-state index is 12.7. The number of rotatable bonds is 3. The fraction of sp³-hybridized carbons (Fsp3) is 0.318. The van der Waals surface area contributed by atoms with E-state index in [2.05, 4.69) is 0 Å². The van der Waals surface area contributed by atoms with Crippen LogP contribution in [0.4, 0.5) is 4.79 Å². The first kappa shape index (κ1) is 18.2. The van der Waals surface area contributed by atoms with Crippen LogP contribution >= 0.6 is 0 Å². The summed E-state index contributed by atoms with van der Waals surface area (Å²) >= 11 is 0. The van der Waals surface area contributed by atoms with Crippen molar-refractivity contribution in [2.75, 3.05) is 21.3 Å². The third kappa shape index (κ3) is 2.68. The zero-order chi connectivity index (χ0) is 19.8. The number of hydrogen-bond donors (Lipinski definition) is 1. The van der Waals surface area contributed by atoms with Crippen LogP contribution in [-0.4, -0.2) is 37.1 Å². The zero-order valence-electron chi connectivity index (χ0n) is 16.2. The number of phenolic OH excluding ortho intramolecular Hbond substituents is 1. The summed E-state index contributed by atoms with van der Waals surface area (Å²) < 4.78 is 17.5. The zero-order valence-corrected chi connectivity index (χ0v) is 16.2. The molecule has 0 saturated carbocycles. The number of phenols is 1. The van der Waals surface area contributed by atoms with E-state index in [1.807, 2.05) is 36.4 Å². The highest BCUT2D eigenvalue weighted by atomic mass is 16.5. The number of para-hydroxylation sites is 1. The first-order chi connectivity index (χ1) is 13.6. The van der Waals surface area contributed by atoms with E-state index in [9.17, 15) is 9.90 Å². The van der Waals surface area contributed by atoms with Crippen LogP contribution in [0.5, 0.6) is 17.2 Å². The fourth-order valence-corrected chi connectivity index (χ4v) is 4.30. The third-order valence-corrected chi connectivity index (χ3v) is 5.53. The molecular formula is C22H23NO5. The van der Waals surface area contributed by atoms with E-state index in [0.717, 1.165) is 41.4 Å².